The van der Waals surface area contributed by atoms with Gasteiger partial charge < -0.3 is 15.0 Å². The molecule has 2 fully saturated rings. The summed E-state index contributed by atoms with van der Waals surface area (Å²) in [6.45, 7) is 0.531. The molecule has 140 valence electrons. The second-order valence-electron chi connectivity index (χ2n) is 6.81. The zero-order valence-corrected chi connectivity index (χ0v) is 15.5. The largest absolute Gasteiger partial charge is 0.368 e. The van der Waals surface area contributed by atoms with Gasteiger partial charge >= 0.3 is 0 Å². The summed E-state index contributed by atoms with van der Waals surface area (Å²) in [5, 5.41) is 6.44. The molecule has 7 heteroatoms. The summed E-state index contributed by atoms with van der Waals surface area (Å²) in [6, 6.07) is 10.0. The van der Waals surface area contributed by atoms with Gasteiger partial charge in [-0.25, -0.2) is 0 Å². The molecule has 2 aromatic rings. The van der Waals surface area contributed by atoms with Crippen molar-refractivity contribution in [1.29, 1.82) is 0 Å². The fraction of sp³-hybridized carbons (Fsp3) is 0.350. The Morgan fingerprint density at radius 3 is 2.81 bits per heavy atom. The topological polar surface area (TPSA) is 75.7 Å². The van der Waals surface area contributed by atoms with Crippen LogP contribution in [-0.4, -0.2) is 53.8 Å². The standard InChI is InChI=1S/C20H20N2O4S/c23-16-11-26-17-6-8-22(18(16)17)20(25)15(10-13-4-2-1-3-5-13)21-19(24)14-7-9-27-12-14/h1-5,7,9,12,15,17-18H,6,8,10-11H2,(H,21,24). The van der Waals surface area contributed by atoms with E-state index < -0.39 is 12.1 Å². The number of likely N-dealkylation sites (tertiary alicyclic amines) is 1. The lowest BCUT2D eigenvalue weighted by Gasteiger charge is -2.27. The average Bonchev–Trinajstić information content (AvgIpc) is 3.41. The van der Waals surface area contributed by atoms with Crippen molar-refractivity contribution in [1.82, 2.24) is 10.2 Å². The number of nitrogens with zero attached hydrogens (tertiary/aromatic N) is 1. The summed E-state index contributed by atoms with van der Waals surface area (Å²) in [7, 11) is 0. The van der Waals surface area contributed by atoms with E-state index in [1.54, 1.807) is 16.3 Å². The Morgan fingerprint density at radius 2 is 2.07 bits per heavy atom. The summed E-state index contributed by atoms with van der Waals surface area (Å²) >= 11 is 1.43. The highest BCUT2D eigenvalue weighted by atomic mass is 32.1. The number of amides is 2. The molecule has 4 rings (SSSR count). The SMILES string of the molecule is O=C(NC(Cc1ccccc1)C(=O)N1CCC2OCC(=O)C21)c1ccsc1. The van der Waals surface area contributed by atoms with Crippen LogP contribution in [0.1, 0.15) is 22.3 Å². The second kappa shape index (κ2) is 7.62. The van der Waals surface area contributed by atoms with E-state index in [0.717, 1.165) is 5.56 Å². The fourth-order valence-electron chi connectivity index (χ4n) is 3.73. The highest BCUT2D eigenvalue weighted by Gasteiger charge is 2.48. The van der Waals surface area contributed by atoms with Gasteiger partial charge in [0.25, 0.3) is 5.91 Å². The molecule has 3 unspecified atom stereocenters. The second-order valence-corrected chi connectivity index (χ2v) is 7.59. The Kier molecular flexibility index (Phi) is 5.05. The number of fused-ring (bicyclic) bond motifs is 1. The highest BCUT2D eigenvalue weighted by molar-refractivity contribution is 7.08. The number of ketones is 1. The monoisotopic (exact) mass is 384 g/mol. The van der Waals surface area contributed by atoms with Gasteiger partial charge in [0.2, 0.25) is 5.91 Å². The summed E-state index contributed by atoms with van der Waals surface area (Å²) in [5.41, 5.74) is 1.48. The van der Waals surface area contributed by atoms with Gasteiger partial charge in [0.15, 0.2) is 5.78 Å². The van der Waals surface area contributed by atoms with Crippen molar-refractivity contribution < 1.29 is 19.1 Å². The van der Waals surface area contributed by atoms with Crippen LogP contribution in [0.25, 0.3) is 0 Å². The van der Waals surface area contributed by atoms with Crippen LogP contribution in [0.4, 0.5) is 0 Å². The third-order valence-electron chi connectivity index (χ3n) is 5.06. The van der Waals surface area contributed by atoms with Gasteiger partial charge in [0, 0.05) is 18.3 Å². The van der Waals surface area contributed by atoms with E-state index in [2.05, 4.69) is 5.32 Å². The first kappa shape index (κ1) is 17.9. The molecule has 6 nitrogen and oxygen atoms in total. The third kappa shape index (κ3) is 3.65. The van der Waals surface area contributed by atoms with Crippen molar-refractivity contribution in [3.63, 3.8) is 0 Å². The number of hydrogen-bond donors (Lipinski definition) is 1. The number of carbonyl (C=O) groups excluding carboxylic acids is 3. The quantitative estimate of drug-likeness (QED) is 0.851. The number of nitrogens with one attached hydrogen (secondary N) is 1. The minimum Gasteiger partial charge on any atom is -0.368 e. The van der Waals surface area contributed by atoms with E-state index in [1.807, 2.05) is 35.7 Å². The molecule has 1 N–H and O–H groups in total. The van der Waals surface area contributed by atoms with Gasteiger partial charge in [0.1, 0.15) is 18.7 Å². The predicted octanol–water partition coefficient (Wildman–Crippen LogP) is 1.66. The molecule has 0 bridgehead atoms. The lowest BCUT2D eigenvalue weighted by molar-refractivity contribution is -0.138. The van der Waals surface area contributed by atoms with Crippen LogP contribution >= 0.6 is 11.3 Å². The molecule has 0 aliphatic carbocycles. The first-order valence-electron chi connectivity index (χ1n) is 8.95. The molecule has 0 spiro atoms. The molecule has 2 aliphatic heterocycles. The van der Waals surface area contributed by atoms with Crippen molar-refractivity contribution >= 4 is 28.9 Å². The molecule has 27 heavy (non-hydrogen) atoms. The van der Waals surface area contributed by atoms with Crippen LogP contribution in [0.3, 0.4) is 0 Å². The summed E-state index contributed by atoms with van der Waals surface area (Å²) in [4.78, 5) is 39.5. The predicted molar refractivity (Wildman–Crippen MR) is 101 cm³/mol. The van der Waals surface area contributed by atoms with Crippen LogP contribution in [-0.2, 0) is 20.7 Å². The van der Waals surface area contributed by atoms with E-state index in [-0.39, 0.29) is 30.3 Å². The van der Waals surface area contributed by atoms with Gasteiger partial charge in [-0.2, -0.15) is 11.3 Å². The lowest BCUT2D eigenvalue weighted by Crippen LogP contribution is -2.53. The van der Waals surface area contributed by atoms with E-state index in [1.165, 1.54) is 11.3 Å². The van der Waals surface area contributed by atoms with Crippen LogP contribution in [0, 0.1) is 0 Å². The number of hydrogen-bond acceptors (Lipinski definition) is 5. The maximum atomic E-state index is 13.2. The summed E-state index contributed by atoms with van der Waals surface area (Å²) in [6.07, 6.45) is 0.809. The number of benzene rings is 1. The fourth-order valence-corrected chi connectivity index (χ4v) is 4.36. The molecular formula is C20H20N2O4S. The minimum atomic E-state index is -0.730. The average molecular weight is 384 g/mol. The van der Waals surface area contributed by atoms with Gasteiger partial charge in [-0.15, -0.1) is 0 Å². The Hall–Kier alpha value is -2.51. The number of thiophene rings is 1. The van der Waals surface area contributed by atoms with E-state index in [0.29, 0.717) is 24.9 Å². The number of Topliss-reactive ketones (excluding diaryl/α,β-unsaturated/α-hetero) is 1. The summed E-state index contributed by atoms with van der Waals surface area (Å²) in [5.74, 6) is -0.572. The Labute approximate surface area is 161 Å². The van der Waals surface area contributed by atoms with Gasteiger partial charge in [-0.1, -0.05) is 30.3 Å². The van der Waals surface area contributed by atoms with Crippen molar-refractivity contribution in [2.45, 2.75) is 31.0 Å². The Balaban J connectivity index is 1.55. The van der Waals surface area contributed by atoms with Gasteiger partial charge in [0.05, 0.1) is 11.7 Å². The molecule has 0 saturated carbocycles. The maximum absolute atomic E-state index is 13.2. The van der Waals surface area contributed by atoms with E-state index in [4.69, 9.17) is 4.74 Å². The lowest BCUT2D eigenvalue weighted by atomic mass is 10.0. The van der Waals surface area contributed by atoms with Crippen molar-refractivity contribution in [3.05, 3.63) is 58.3 Å². The van der Waals surface area contributed by atoms with E-state index in [9.17, 15) is 14.4 Å². The van der Waals surface area contributed by atoms with Gasteiger partial charge in [-0.05, 0) is 23.4 Å². The molecule has 2 aliphatic rings. The molecule has 1 aromatic carbocycles. The van der Waals surface area contributed by atoms with Crippen LogP contribution in [0.2, 0.25) is 0 Å². The molecule has 3 heterocycles. The number of ether oxygens (including phenoxy) is 1. The van der Waals surface area contributed by atoms with Crippen molar-refractivity contribution in [3.8, 4) is 0 Å². The summed E-state index contributed by atoms with van der Waals surface area (Å²) < 4.78 is 5.48. The maximum Gasteiger partial charge on any atom is 0.252 e. The highest BCUT2D eigenvalue weighted by Crippen LogP contribution is 2.28. The molecule has 1 aromatic heterocycles. The number of rotatable bonds is 5. The molecular weight excluding hydrogens is 364 g/mol. The zero-order valence-electron chi connectivity index (χ0n) is 14.7. The van der Waals surface area contributed by atoms with Crippen LogP contribution in [0.15, 0.2) is 47.2 Å². The smallest absolute Gasteiger partial charge is 0.252 e. The molecule has 2 saturated heterocycles. The number of carbonyl (C=O) groups is 3. The normalized spacial score (nSPS) is 22.5. The molecule has 2 amide bonds. The van der Waals surface area contributed by atoms with Crippen LogP contribution < -0.4 is 5.32 Å². The first-order chi connectivity index (χ1) is 13.1. The van der Waals surface area contributed by atoms with Crippen LogP contribution in [0.5, 0.6) is 0 Å². The molecule has 3 atom stereocenters. The minimum absolute atomic E-state index is 0.0593. The third-order valence-corrected chi connectivity index (χ3v) is 5.75. The molecule has 0 radical (unpaired) electrons. The first-order valence-corrected chi connectivity index (χ1v) is 9.89. The Bertz CT molecular complexity index is 837. The van der Waals surface area contributed by atoms with Crippen molar-refractivity contribution in [2.24, 2.45) is 0 Å². The van der Waals surface area contributed by atoms with Crippen molar-refractivity contribution in [2.75, 3.05) is 13.2 Å². The van der Waals surface area contributed by atoms with E-state index >= 15 is 0 Å². The van der Waals surface area contributed by atoms with Gasteiger partial charge in [-0.3, -0.25) is 14.4 Å². The zero-order chi connectivity index (χ0) is 18.8. The Morgan fingerprint density at radius 1 is 1.26 bits per heavy atom.